The first-order chi connectivity index (χ1) is 11.8. The molecule has 0 N–H and O–H groups in total. The van der Waals surface area contributed by atoms with E-state index in [4.69, 9.17) is 9.47 Å². The third-order valence-corrected chi connectivity index (χ3v) is 5.43. The summed E-state index contributed by atoms with van der Waals surface area (Å²) in [6, 6.07) is 2.91. The van der Waals surface area contributed by atoms with E-state index in [9.17, 15) is 4.79 Å². The molecule has 0 bridgehead atoms. The van der Waals surface area contributed by atoms with Gasteiger partial charge in [-0.25, -0.2) is 9.48 Å². The normalized spacial score (nSPS) is 11.6. The van der Waals surface area contributed by atoms with Gasteiger partial charge < -0.3 is 9.47 Å². The maximum atomic E-state index is 12.2. The van der Waals surface area contributed by atoms with Crippen molar-refractivity contribution in [1.29, 1.82) is 0 Å². The lowest BCUT2D eigenvalue weighted by Crippen LogP contribution is -2.22. The fourth-order valence-electron chi connectivity index (χ4n) is 2.36. The van der Waals surface area contributed by atoms with Crippen molar-refractivity contribution in [2.45, 2.75) is 46.3 Å². The lowest BCUT2D eigenvalue weighted by atomic mass is 10.1. The summed E-state index contributed by atoms with van der Waals surface area (Å²) in [6.45, 7) is 11.8. The smallest absolute Gasteiger partial charge is 0.359 e. The number of rotatable bonds is 8. The summed E-state index contributed by atoms with van der Waals surface area (Å²) in [5.41, 5.74) is 2.69. The summed E-state index contributed by atoms with van der Waals surface area (Å²) in [6.07, 6.45) is 3.26. The third kappa shape index (κ3) is 5.20. The molecule has 0 saturated carbocycles. The van der Waals surface area contributed by atoms with E-state index in [0.717, 1.165) is 22.9 Å². The van der Waals surface area contributed by atoms with Crippen LogP contribution in [0.4, 0.5) is 0 Å². The van der Waals surface area contributed by atoms with Crippen LogP contribution in [-0.2, 0) is 16.2 Å². The molecule has 0 atom stereocenters. The lowest BCUT2D eigenvalue weighted by molar-refractivity contribution is 0.0510. The molecule has 8 heteroatoms. The highest BCUT2D eigenvalue weighted by atomic mass is 28.3. The molecule has 0 saturated heterocycles. The van der Waals surface area contributed by atoms with E-state index in [0.29, 0.717) is 18.9 Å². The molecular weight excluding hydrogens is 336 g/mol. The van der Waals surface area contributed by atoms with Crippen LogP contribution < -0.4 is 0 Å². The first kappa shape index (κ1) is 19.3. The predicted octanol–water partition coefficient (Wildman–Crippen LogP) is 3.14. The maximum Gasteiger partial charge on any atom is 0.359 e. The van der Waals surface area contributed by atoms with Crippen LogP contribution in [0.5, 0.6) is 0 Å². The maximum absolute atomic E-state index is 12.2. The predicted molar refractivity (Wildman–Crippen MR) is 98.1 cm³/mol. The van der Waals surface area contributed by atoms with Crippen molar-refractivity contribution < 1.29 is 14.3 Å². The first-order valence-electron chi connectivity index (χ1n) is 8.43. The molecule has 0 aliphatic heterocycles. The molecule has 0 spiro atoms. The van der Waals surface area contributed by atoms with E-state index in [-0.39, 0.29) is 6.73 Å². The SMILES string of the molecule is CCOC(=O)c1nn(COCC[Si](C)(C)C)c(-c2ccnnc2)c1C. The van der Waals surface area contributed by atoms with Gasteiger partial charge in [-0.1, -0.05) is 19.6 Å². The molecule has 0 amide bonds. The van der Waals surface area contributed by atoms with Gasteiger partial charge in [0.2, 0.25) is 0 Å². The molecule has 0 aliphatic rings. The van der Waals surface area contributed by atoms with Crippen LogP contribution in [0.1, 0.15) is 23.0 Å². The first-order valence-corrected chi connectivity index (χ1v) is 12.1. The van der Waals surface area contributed by atoms with Crippen LogP contribution >= 0.6 is 0 Å². The topological polar surface area (TPSA) is 79.1 Å². The highest BCUT2D eigenvalue weighted by Gasteiger charge is 2.22. The fraction of sp³-hybridized carbons (Fsp3) is 0.529. The fourth-order valence-corrected chi connectivity index (χ4v) is 3.12. The second-order valence-electron chi connectivity index (χ2n) is 7.02. The summed E-state index contributed by atoms with van der Waals surface area (Å²) < 4.78 is 12.6. The summed E-state index contributed by atoms with van der Waals surface area (Å²) in [4.78, 5) is 12.2. The molecule has 2 aromatic rings. The Morgan fingerprint density at radius 3 is 2.64 bits per heavy atom. The van der Waals surface area contributed by atoms with Crippen molar-refractivity contribution in [2.75, 3.05) is 13.2 Å². The van der Waals surface area contributed by atoms with Crippen molar-refractivity contribution in [1.82, 2.24) is 20.0 Å². The molecule has 2 heterocycles. The summed E-state index contributed by atoms with van der Waals surface area (Å²) in [5.74, 6) is -0.427. The van der Waals surface area contributed by atoms with Gasteiger partial charge in [0.1, 0.15) is 6.73 Å². The number of aromatic nitrogens is 4. The molecule has 0 unspecified atom stereocenters. The minimum atomic E-state index is -1.15. The van der Waals surface area contributed by atoms with Crippen molar-refractivity contribution in [3.05, 3.63) is 29.7 Å². The van der Waals surface area contributed by atoms with Gasteiger partial charge in [0, 0.05) is 25.8 Å². The van der Waals surface area contributed by atoms with E-state index in [1.165, 1.54) is 0 Å². The average molecular weight is 363 g/mol. The molecule has 0 fully saturated rings. The summed E-state index contributed by atoms with van der Waals surface area (Å²) >= 11 is 0. The highest BCUT2D eigenvalue weighted by Crippen LogP contribution is 2.25. The van der Waals surface area contributed by atoms with E-state index < -0.39 is 14.0 Å². The molecule has 136 valence electrons. The Labute approximate surface area is 149 Å². The quantitative estimate of drug-likeness (QED) is 0.408. The lowest BCUT2D eigenvalue weighted by Gasteiger charge is -2.16. The van der Waals surface area contributed by atoms with Gasteiger partial charge in [-0.05, 0) is 26.0 Å². The van der Waals surface area contributed by atoms with Gasteiger partial charge >= 0.3 is 5.97 Å². The van der Waals surface area contributed by atoms with Gasteiger partial charge in [-0.3, -0.25) is 0 Å². The molecule has 0 aromatic carbocycles. The van der Waals surface area contributed by atoms with Crippen molar-refractivity contribution in [2.24, 2.45) is 0 Å². The molecular formula is C17H26N4O3Si. The van der Waals surface area contributed by atoms with Crippen LogP contribution in [0, 0.1) is 6.92 Å². The van der Waals surface area contributed by atoms with Crippen LogP contribution in [0.25, 0.3) is 11.3 Å². The van der Waals surface area contributed by atoms with Gasteiger partial charge in [0.25, 0.3) is 0 Å². The van der Waals surface area contributed by atoms with Gasteiger partial charge in [-0.2, -0.15) is 15.3 Å². The van der Waals surface area contributed by atoms with Gasteiger partial charge in [-0.15, -0.1) is 0 Å². The van der Waals surface area contributed by atoms with E-state index in [2.05, 4.69) is 34.9 Å². The Balaban J connectivity index is 2.27. The standard InChI is InChI=1S/C17H26N4O3Si/c1-6-24-17(22)15-13(2)16(14-7-8-18-19-11-14)21(20-15)12-23-9-10-25(3,4)5/h7-8,11H,6,9-10,12H2,1-5H3. The number of nitrogens with zero attached hydrogens (tertiary/aromatic N) is 4. The summed E-state index contributed by atoms with van der Waals surface area (Å²) in [5, 5.41) is 12.1. The summed E-state index contributed by atoms with van der Waals surface area (Å²) in [7, 11) is -1.15. The van der Waals surface area contributed by atoms with Crippen molar-refractivity contribution in [3.8, 4) is 11.3 Å². The Kier molecular flexibility index (Phi) is 6.43. The average Bonchev–Trinajstić information content (AvgIpc) is 2.88. The zero-order chi connectivity index (χ0) is 18.4. The molecule has 2 rings (SSSR count). The molecule has 2 aromatic heterocycles. The second-order valence-corrected chi connectivity index (χ2v) is 12.6. The van der Waals surface area contributed by atoms with Crippen LogP contribution in [-0.4, -0.2) is 47.2 Å². The monoisotopic (exact) mass is 362 g/mol. The number of esters is 1. The van der Waals surface area contributed by atoms with Crippen LogP contribution in [0.15, 0.2) is 18.5 Å². The zero-order valence-corrected chi connectivity index (χ0v) is 16.6. The Morgan fingerprint density at radius 1 is 1.28 bits per heavy atom. The minimum absolute atomic E-state index is 0.280. The number of carbonyl (C=O) groups excluding carboxylic acids is 1. The molecule has 0 radical (unpaired) electrons. The van der Waals surface area contributed by atoms with Crippen LogP contribution in [0.3, 0.4) is 0 Å². The van der Waals surface area contributed by atoms with E-state index >= 15 is 0 Å². The Bertz CT molecular complexity index is 711. The van der Waals surface area contributed by atoms with Crippen LogP contribution in [0.2, 0.25) is 25.7 Å². The number of hydrogen-bond donors (Lipinski definition) is 0. The molecule has 7 nitrogen and oxygen atoms in total. The van der Waals surface area contributed by atoms with E-state index in [1.807, 2.05) is 13.0 Å². The zero-order valence-electron chi connectivity index (χ0n) is 15.6. The second kappa shape index (κ2) is 8.35. The minimum Gasteiger partial charge on any atom is -0.461 e. The number of hydrogen-bond acceptors (Lipinski definition) is 6. The van der Waals surface area contributed by atoms with Gasteiger partial charge in [0.05, 0.1) is 24.7 Å². The molecule has 25 heavy (non-hydrogen) atoms. The van der Waals surface area contributed by atoms with Crippen molar-refractivity contribution in [3.63, 3.8) is 0 Å². The molecule has 0 aliphatic carbocycles. The third-order valence-electron chi connectivity index (χ3n) is 3.73. The Morgan fingerprint density at radius 2 is 2.04 bits per heavy atom. The number of carbonyl (C=O) groups is 1. The largest absolute Gasteiger partial charge is 0.461 e. The van der Waals surface area contributed by atoms with Crippen molar-refractivity contribution >= 4 is 14.0 Å². The van der Waals surface area contributed by atoms with E-state index in [1.54, 1.807) is 24.0 Å². The number of ether oxygens (including phenoxy) is 2. The highest BCUT2D eigenvalue weighted by molar-refractivity contribution is 6.76. The van der Waals surface area contributed by atoms with Gasteiger partial charge in [0.15, 0.2) is 5.69 Å². The Hall–Kier alpha value is -2.06.